The summed E-state index contributed by atoms with van der Waals surface area (Å²) in [6.45, 7) is 2.55. The van der Waals surface area contributed by atoms with Crippen LogP contribution in [0.2, 0.25) is 0 Å². The maximum atomic E-state index is 11.5. The summed E-state index contributed by atoms with van der Waals surface area (Å²) in [5.41, 5.74) is 0. The number of imide groups is 1. The topological polar surface area (TPSA) is 110 Å². The Morgan fingerprint density at radius 1 is 0.808 bits per heavy atom. The average molecular weight is 377 g/mol. The van der Waals surface area contributed by atoms with Gasteiger partial charge >= 0.3 is 6.16 Å². The minimum atomic E-state index is -0.954. The minimum absolute atomic E-state index is 0.000848. The highest BCUT2D eigenvalue weighted by Crippen LogP contribution is 2.11. The van der Waals surface area contributed by atoms with E-state index in [1.165, 1.54) is 0 Å². The average Bonchev–Trinajstić information content (AvgIpc) is 2.62. The Labute approximate surface area is 152 Å². The van der Waals surface area contributed by atoms with Crippen molar-refractivity contribution < 1.29 is 42.8 Å². The molecule has 1 saturated heterocycles. The smallest absolute Gasteiger partial charge is 0.432 e. The van der Waals surface area contributed by atoms with Crippen LogP contribution in [-0.2, 0) is 38.0 Å². The van der Waals surface area contributed by atoms with Crippen molar-refractivity contribution in [2.45, 2.75) is 19.3 Å². The second-order valence-electron chi connectivity index (χ2n) is 5.27. The second kappa shape index (κ2) is 14.4. The number of hydrogen-bond acceptors (Lipinski definition) is 9. The summed E-state index contributed by atoms with van der Waals surface area (Å²) >= 11 is 0. The Balaban J connectivity index is 1.89. The monoisotopic (exact) mass is 377 g/mol. The molecule has 0 saturated carbocycles. The molecule has 26 heavy (non-hydrogen) atoms. The lowest BCUT2D eigenvalue weighted by Crippen LogP contribution is -2.42. The normalized spacial score (nSPS) is 14.6. The number of amides is 2. The van der Waals surface area contributed by atoms with Gasteiger partial charge in [0.15, 0.2) is 6.73 Å². The van der Waals surface area contributed by atoms with Gasteiger partial charge in [0, 0.05) is 20.0 Å². The largest absolute Gasteiger partial charge is 0.510 e. The number of nitrogens with zero attached hydrogens (tertiary/aromatic N) is 1. The maximum Gasteiger partial charge on any atom is 0.510 e. The molecular weight excluding hydrogens is 350 g/mol. The van der Waals surface area contributed by atoms with E-state index in [-0.39, 0.29) is 37.9 Å². The predicted octanol–water partition coefficient (Wildman–Crippen LogP) is 0.332. The molecule has 2 amide bonds. The van der Waals surface area contributed by atoms with Gasteiger partial charge in [-0.2, -0.15) is 0 Å². The molecule has 0 N–H and O–H groups in total. The number of ether oxygens (including phenoxy) is 6. The summed E-state index contributed by atoms with van der Waals surface area (Å²) in [5, 5.41) is 0. The summed E-state index contributed by atoms with van der Waals surface area (Å²) in [5.74, 6) is -0.692. The highest BCUT2D eigenvalue weighted by atomic mass is 16.7. The fourth-order valence-corrected chi connectivity index (χ4v) is 1.97. The van der Waals surface area contributed by atoms with Crippen molar-refractivity contribution in [2.24, 2.45) is 0 Å². The number of carbonyl (C=O) groups is 3. The van der Waals surface area contributed by atoms with Gasteiger partial charge in [0.25, 0.3) is 0 Å². The van der Waals surface area contributed by atoms with E-state index in [0.29, 0.717) is 46.1 Å². The fourth-order valence-electron chi connectivity index (χ4n) is 1.97. The first-order valence-electron chi connectivity index (χ1n) is 8.50. The van der Waals surface area contributed by atoms with Crippen LogP contribution in [-0.4, -0.2) is 89.6 Å². The van der Waals surface area contributed by atoms with Crippen molar-refractivity contribution in [2.75, 3.05) is 66.7 Å². The minimum Gasteiger partial charge on any atom is -0.432 e. The Bertz CT molecular complexity index is 414. The zero-order valence-electron chi connectivity index (χ0n) is 15.1. The van der Waals surface area contributed by atoms with Gasteiger partial charge in [-0.1, -0.05) is 0 Å². The zero-order chi connectivity index (χ0) is 19.0. The maximum absolute atomic E-state index is 11.5. The van der Waals surface area contributed by atoms with Gasteiger partial charge in [-0.05, 0) is 6.42 Å². The zero-order valence-corrected chi connectivity index (χ0v) is 15.1. The molecule has 0 aromatic heterocycles. The molecule has 10 nitrogen and oxygen atoms in total. The Kier molecular flexibility index (Phi) is 12.4. The van der Waals surface area contributed by atoms with E-state index < -0.39 is 12.9 Å². The van der Waals surface area contributed by atoms with Gasteiger partial charge in [0.2, 0.25) is 11.8 Å². The predicted molar refractivity (Wildman–Crippen MR) is 87.3 cm³/mol. The number of likely N-dealkylation sites (tertiary alicyclic amines) is 1. The fraction of sp³-hybridized carbons (Fsp3) is 0.812. The summed E-state index contributed by atoms with van der Waals surface area (Å²) in [6.07, 6.45) is 0.128. The van der Waals surface area contributed by atoms with Gasteiger partial charge in [-0.25, -0.2) is 9.69 Å². The van der Waals surface area contributed by atoms with Crippen LogP contribution >= 0.6 is 0 Å². The van der Waals surface area contributed by atoms with Crippen LogP contribution < -0.4 is 0 Å². The quantitative estimate of drug-likeness (QED) is 0.240. The molecule has 1 aliphatic heterocycles. The lowest BCUT2D eigenvalue weighted by molar-refractivity contribution is -0.153. The van der Waals surface area contributed by atoms with E-state index in [0.717, 1.165) is 4.90 Å². The molecule has 0 bridgehead atoms. The van der Waals surface area contributed by atoms with Gasteiger partial charge < -0.3 is 28.4 Å². The van der Waals surface area contributed by atoms with E-state index in [9.17, 15) is 14.4 Å². The number of carbonyl (C=O) groups excluding carboxylic acids is 3. The third kappa shape index (κ3) is 10.3. The van der Waals surface area contributed by atoms with Crippen molar-refractivity contribution >= 4 is 18.0 Å². The lowest BCUT2D eigenvalue weighted by atomic mass is 10.1. The Morgan fingerprint density at radius 3 is 1.85 bits per heavy atom. The van der Waals surface area contributed by atoms with Gasteiger partial charge in [-0.3, -0.25) is 9.59 Å². The van der Waals surface area contributed by atoms with Crippen LogP contribution in [0.5, 0.6) is 0 Å². The standard InChI is InChI=1S/C16H27NO9/c1-21-5-6-22-7-8-23-9-10-24-11-12-25-16(20)26-13-17-14(18)3-2-4-15(17)19/h2-13H2,1H3. The SMILES string of the molecule is COCCOCCOCCOCCOC(=O)OCN1C(=O)CCCC1=O. The van der Waals surface area contributed by atoms with Crippen LogP contribution in [0.1, 0.15) is 19.3 Å². The van der Waals surface area contributed by atoms with Crippen molar-refractivity contribution in [3.05, 3.63) is 0 Å². The highest BCUT2D eigenvalue weighted by molar-refractivity contribution is 5.97. The van der Waals surface area contributed by atoms with Crippen molar-refractivity contribution in [1.29, 1.82) is 0 Å². The number of methoxy groups -OCH3 is 1. The molecule has 1 heterocycles. The summed E-state index contributed by atoms with van der Waals surface area (Å²) in [7, 11) is 1.61. The third-order valence-electron chi connectivity index (χ3n) is 3.32. The molecule has 0 unspecified atom stereocenters. The van der Waals surface area contributed by atoms with Crippen LogP contribution in [0.25, 0.3) is 0 Å². The molecule has 0 atom stereocenters. The van der Waals surface area contributed by atoms with Gasteiger partial charge in [-0.15, -0.1) is 0 Å². The second-order valence-corrected chi connectivity index (χ2v) is 5.27. The molecular formula is C16H27NO9. The van der Waals surface area contributed by atoms with Crippen molar-refractivity contribution in [1.82, 2.24) is 4.90 Å². The number of rotatable bonds is 14. The summed E-state index contributed by atoms with van der Waals surface area (Å²) < 4.78 is 30.1. The lowest BCUT2D eigenvalue weighted by Gasteiger charge is -2.23. The molecule has 10 heteroatoms. The number of hydrogen-bond donors (Lipinski definition) is 0. The molecule has 1 fully saturated rings. The molecule has 1 rings (SSSR count). The molecule has 0 radical (unpaired) electrons. The Hall–Kier alpha value is -1.75. The van der Waals surface area contributed by atoms with Gasteiger partial charge in [0.05, 0.1) is 46.2 Å². The van der Waals surface area contributed by atoms with Crippen LogP contribution in [0.15, 0.2) is 0 Å². The molecule has 0 spiro atoms. The van der Waals surface area contributed by atoms with Crippen LogP contribution in [0, 0.1) is 0 Å². The van der Waals surface area contributed by atoms with E-state index in [1.807, 2.05) is 0 Å². The Morgan fingerprint density at radius 2 is 1.31 bits per heavy atom. The highest BCUT2D eigenvalue weighted by Gasteiger charge is 2.26. The first-order valence-corrected chi connectivity index (χ1v) is 8.50. The van der Waals surface area contributed by atoms with Gasteiger partial charge in [0.1, 0.15) is 6.61 Å². The van der Waals surface area contributed by atoms with Crippen LogP contribution in [0.4, 0.5) is 4.79 Å². The molecule has 150 valence electrons. The summed E-state index contributed by atoms with van der Waals surface area (Å²) in [6, 6.07) is 0. The molecule has 0 aromatic rings. The third-order valence-corrected chi connectivity index (χ3v) is 3.32. The van der Waals surface area contributed by atoms with Crippen molar-refractivity contribution in [3.63, 3.8) is 0 Å². The number of piperidine rings is 1. The molecule has 0 aliphatic carbocycles. The molecule has 0 aromatic carbocycles. The van der Waals surface area contributed by atoms with E-state index >= 15 is 0 Å². The van der Waals surface area contributed by atoms with E-state index in [2.05, 4.69) is 0 Å². The van der Waals surface area contributed by atoms with Crippen LogP contribution in [0.3, 0.4) is 0 Å². The molecule has 1 aliphatic rings. The first kappa shape index (κ1) is 22.3. The first-order chi connectivity index (χ1) is 12.6. The van der Waals surface area contributed by atoms with E-state index in [1.54, 1.807) is 7.11 Å². The summed E-state index contributed by atoms with van der Waals surface area (Å²) in [4.78, 5) is 35.3. The van der Waals surface area contributed by atoms with E-state index in [4.69, 9.17) is 28.4 Å². The van der Waals surface area contributed by atoms with Crippen molar-refractivity contribution in [3.8, 4) is 0 Å².